The first-order chi connectivity index (χ1) is 13.6. The highest BCUT2D eigenvalue weighted by molar-refractivity contribution is 7.42. The highest BCUT2D eigenvalue weighted by Crippen LogP contribution is 2.46. The lowest BCUT2D eigenvalue weighted by molar-refractivity contribution is 1.48. The largest absolute Gasteiger partial charge is 0.192 e. The normalized spacial score (nSPS) is 11.1. The van der Waals surface area contributed by atoms with Crippen molar-refractivity contribution in [1.82, 2.24) is 0 Å². The molecule has 0 amide bonds. The molecule has 2 aromatic heterocycles. The Morgan fingerprint density at radius 1 is 0.571 bits per heavy atom. The molecule has 0 spiro atoms. The van der Waals surface area contributed by atoms with Gasteiger partial charge in [-0.25, -0.2) is 0 Å². The summed E-state index contributed by atoms with van der Waals surface area (Å²) in [5.41, 5.74) is 3.40. The van der Waals surface area contributed by atoms with Gasteiger partial charge in [-0.3, -0.25) is 0 Å². The average Bonchev–Trinajstić information content (AvgIpc) is 2.70. The summed E-state index contributed by atoms with van der Waals surface area (Å²) < 4.78 is 8.78. The number of benzene rings is 3. The number of aryl methyl sites for hydroxylation is 2. The number of rotatable bonds is 0. The molecule has 5 aromatic rings. The zero-order chi connectivity index (χ0) is 19.4. The van der Waals surface area contributed by atoms with Gasteiger partial charge in [-0.15, -0.1) is 45.3 Å². The van der Waals surface area contributed by atoms with Crippen molar-refractivity contribution in [3.63, 3.8) is 0 Å². The third kappa shape index (κ3) is 2.62. The van der Waals surface area contributed by atoms with E-state index in [9.17, 15) is 10.5 Å². The van der Waals surface area contributed by atoms with Gasteiger partial charge in [-0.2, -0.15) is 10.5 Å². The van der Waals surface area contributed by atoms with Crippen LogP contribution in [0.5, 0.6) is 0 Å². The van der Waals surface area contributed by atoms with Crippen molar-refractivity contribution < 1.29 is 0 Å². The van der Waals surface area contributed by atoms with Gasteiger partial charge in [0.1, 0.15) is 12.1 Å². The van der Waals surface area contributed by atoms with Crippen LogP contribution in [0.15, 0.2) is 36.4 Å². The molecule has 0 aliphatic heterocycles. The molecule has 0 bridgehead atoms. The highest BCUT2D eigenvalue weighted by Gasteiger charge is 2.18. The molecule has 0 fully saturated rings. The standard InChI is InChI=1S/C22H12N2S4/c1-11-3-5-15-17(7-11)27-19-13(9-23)14(10-24)20-22(21(19)25-15)26-16-6-4-12(2)8-18(16)28-20/h3-8H,1-2H3. The van der Waals surface area contributed by atoms with Gasteiger partial charge in [-0.1, -0.05) is 12.1 Å². The molecule has 0 saturated heterocycles. The van der Waals surface area contributed by atoms with Crippen molar-refractivity contribution in [1.29, 1.82) is 10.5 Å². The fourth-order valence-electron chi connectivity index (χ4n) is 3.25. The minimum Gasteiger partial charge on any atom is -0.192 e. The van der Waals surface area contributed by atoms with Gasteiger partial charge in [-0.05, 0) is 49.2 Å². The summed E-state index contributed by atoms with van der Waals surface area (Å²) in [7, 11) is 0. The maximum atomic E-state index is 9.91. The van der Waals surface area contributed by atoms with E-state index >= 15 is 0 Å². The topological polar surface area (TPSA) is 47.6 Å². The van der Waals surface area contributed by atoms with Gasteiger partial charge >= 0.3 is 0 Å². The summed E-state index contributed by atoms with van der Waals surface area (Å²) in [5.74, 6) is 0. The lowest BCUT2D eigenvalue weighted by atomic mass is 10.1. The number of nitrogens with zero attached hydrogens (tertiary/aromatic N) is 2. The molecule has 0 saturated carbocycles. The molecule has 134 valence electrons. The minimum atomic E-state index is 0.505. The third-order valence-corrected chi connectivity index (χ3v) is 9.96. The Labute approximate surface area is 177 Å². The number of hydrogen-bond acceptors (Lipinski definition) is 6. The summed E-state index contributed by atoms with van der Waals surface area (Å²) in [5, 5.41) is 19.8. The van der Waals surface area contributed by atoms with Gasteiger partial charge in [0.15, 0.2) is 0 Å². The van der Waals surface area contributed by atoms with Crippen LogP contribution in [0, 0.1) is 36.5 Å². The van der Waals surface area contributed by atoms with Crippen molar-refractivity contribution in [3.05, 3.63) is 58.7 Å². The van der Waals surface area contributed by atoms with Crippen LogP contribution in [0.2, 0.25) is 0 Å². The molecule has 0 aliphatic rings. The van der Waals surface area contributed by atoms with E-state index in [1.165, 1.54) is 20.5 Å². The van der Waals surface area contributed by atoms with Crippen molar-refractivity contribution in [3.8, 4) is 12.1 Å². The first-order valence-corrected chi connectivity index (χ1v) is 11.8. The van der Waals surface area contributed by atoms with Crippen molar-refractivity contribution in [2.24, 2.45) is 0 Å². The predicted octanol–water partition coefficient (Wildman–Crippen LogP) is 8.03. The molecule has 0 unspecified atom stereocenters. The summed E-state index contributed by atoms with van der Waals surface area (Å²) in [4.78, 5) is 0. The lowest BCUT2D eigenvalue weighted by Gasteiger charge is -2.10. The van der Waals surface area contributed by atoms with E-state index in [-0.39, 0.29) is 0 Å². The zero-order valence-corrected chi connectivity index (χ0v) is 18.3. The Morgan fingerprint density at radius 2 is 0.964 bits per heavy atom. The maximum absolute atomic E-state index is 9.91. The number of fused-ring (bicyclic) bond motifs is 5. The second kappa shape index (κ2) is 6.55. The molecule has 0 radical (unpaired) electrons. The van der Waals surface area contributed by atoms with Gasteiger partial charge in [0, 0.05) is 18.8 Å². The minimum absolute atomic E-state index is 0.505. The molecule has 0 N–H and O–H groups in total. The van der Waals surface area contributed by atoms with Crippen molar-refractivity contribution >= 4 is 82.9 Å². The van der Waals surface area contributed by atoms with Crippen LogP contribution >= 0.6 is 45.3 Å². The van der Waals surface area contributed by atoms with Crippen LogP contribution in [0.25, 0.3) is 37.6 Å². The molecule has 5 rings (SSSR count). The summed E-state index contributed by atoms with van der Waals surface area (Å²) >= 11 is 6.67. The third-order valence-electron chi connectivity index (χ3n) is 4.59. The molecular formula is C22H12N2S4. The van der Waals surface area contributed by atoms with Crippen LogP contribution in [0.3, 0.4) is 0 Å². The van der Waals surface area contributed by atoms with E-state index in [0.717, 1.165) is 28.2 Å². The predicted molar refractivity (Wildman–Crippen MR) is 125 cm³/mol. The quantitative estimate of drug-likeness (QED) is 0.184. The first kappa shape index (κ1) is 17.6. The zero-order valence-electron chi connectivity index (χ0n) is 15.0. The highest BCUT2D eigenvalue weighted by atomic mass is 32.1. The van der Waals surface area contributed by atoms with Gasteiger partial charge in [0.05, 0.1) is 29.9 Å². The monoisotopic (exact) mass is 432 g/mol. The first-order valence-electron chi connectivity index (χ1n) is 8.56. The van der Waals surface area contributed by atoms with E-state index in [1.807, 2.05) is 0 Å². The molecule has 2 nitrogen and oxygen atoms in total. The van der Waals surface area contributed by atoms with E-state index in [1.54, 1.807) is 45.3 Å². The Hall–Kier alpha value is -2.48. The summed E-state index contributed by atoms with van der Waals surface area (Å²) in [6, 6.07) is 17.5. The number of hydrogen-bond donors (Lipinski definition) is 0. The van der Waals surface area contributed by atoms with Crippen LogP contribution in [0.1, 0.15) is 22.3 Å². The molecule has 2 heterocycles. The average molecular weight is 433 g/mol. The molecular weight excluding hydrogens is 421 g/mol. The smallest absolute Gasteiger partial charge is 0.102 e. The van der Waals surface area contributed by atoms with Crippen molar-refractivity contribution in [2.75, 3.05) is 0 Å². The molecule has 28 heavy (non-hydrogen) atoms. The molecule has 0 atom stereocenters. The SMILES string of the molecule is Cc1ccc2sc3c(sc2c1)c(C#N)c(C#N)c1sc2cc(C)ccc2sc13. The second-order valence-electron chi connectivity index (χ2n) is 6.60. The van der Waals surface area contributed by atoms with Gasteiger partial charge < -0.3 is 0 Å². The maximum Gasteiger partial charge on any atom is 0.102 e. The second-order valence-corrected chi connectivity index (χ2v) is 10.8. The van der Waals surface area contributed by atoms with Gasteiger partial charge in [0.25, 0.3) is 0 Å². The Balaban J connectivity index is 2.08. The molecule has 0 aliphatic carbocycles. The van der Waals surface area contributed by atoms with E-state index < -0.39 is 0 Å². The Morgan fingerprint density at radius 3 is 1.36 bits per heavy atom. The van der Waals surface area contributed by atoms with E-state index in [4.69, 9.17) is 0 Å². The van der Waals surface area contributed by atoms with Crippen LogP contribution in [-0.4, -0.2) is 0 Å². The Kier molecular flexibility index (Phi) is 4.12. The van der Waals surface area contributed by atoms with E-state index in [0.29, 0.717) is 11.1 Å². The van der Waals surface area contributed by atoms with Gasteiger partial charge in [0.2, 0.25) is 0 Å². The lowest BCUT2D eigenvalue weighted by Crippen LogP contribution is -1.88. The van der Waals surface area contributed by atoms with Crippen molar-refractivity contribution in [2.45, 2.75) is 13.8 Å². The van der Waals surface area contributed by atoms with Crippen LogP contribution < -0.4 is 0 Å². The van der Waals surface area contributed by atoms with E-state index in [2.05, 4.69) is 62.4 Å². The molecule has 6 heteroatoms. The van der Waals surface area contributed by atoms with Crippen LogP contribution in [-0.2, 0) is 0 Å². The fraction of sp³-hybridized carbons (Fsp3) is 0.0909. The molecule has 3 aromatic carbocycles. The number of nitriles is 2. The fourth-order valence-corrected chi connectivity index (χ4v) is 8.60. The van der Waals surface area contributed by atoms with Crippen LogP contribution in [0.4, 0.5) is 0 Å². The Bertz CT molecular complexity index is 1440. The summed E-state index contributed by atoms with van der Waals surface area (Å²) in [6.45, 7) is 4.15. The summed E-state index contributed by atoms with van der Waals surface area (Å²) in [6.07, 6.45) is 0.